The molecule has 2 atom stereocenters. The average molecular weight is 289 g/mol. The van der Waals surface area contributed by atoms with Crippen LogP contribution in [0.3, 0.4) is 0 Å². The number of hydrogen-bond acceptors (Lipinski definition) is 2. The van der Waals surface area contributed by atoms with Gasteiger partial charge in [0.15, 0.2) is 5.75 Å². The van der Waals surface area contributed by atoms with Gasteiger partial charge in [0.2, 0.25) is 0 Å². The lowest BCUT2D eigenvalue weighted by atomic mass is 10.0. The van der Waals surface area contributed by atoms with Gasteiger partial charge in [-0.05, 0) is 12.8 Å². The largest absolute Gasteiger partial charge is 0.493 e. The molecule has 0 aliphatic carbocycles. The summed E-state index contributed by atoms with van der Waals surface area (Å²) in [5, 5.41) is 4.38. The number of methoxy groups -OCH3 is 1. The first-order valence-corrected chi connectivity index (χ1v) is 6.75. The Bertz CT molecular complexity index is 323. The highest BCUT2D eigenvalue weighted by molar-refractivity contribution is 9.09. The van der Waals surface area contributed by atoms with Gasteiger partial charge in [0.25, 0.3) is 0 Å². The minimum Gasteiger partial charge on any atom is -0.493 e. The molecule has 0 saturated carbocycles. The summed E-state index contributed by atoms with van der Waals surface area (Å²) in [6.45, 7) is 7.52. The average Bonchev–Trinajstić information content (AvgIpc) is 2.60. The maximum atomic E-state index is 5.38. The van der Waals surface area contributed by atoms with Crippen molar-refractivity contribution in [3.05, 3.63) is 11.9 Å². The zero-order valence-electron chi connectivity index (χ0n) is 10.5. The summed E-state index contributed by atoms with van der Waals surface area (Å²) in [7, 11) is 1.71. The van der Waals surface area contributed by atoms with E-state index >= 15 is 0 Å². The third-order valence-corrected chi connectivity index (χ3v) is 3.02. The van der Waals surface area contributed by atoms with Crippen molar-refractivity contribution in [2.75, 3.05) is 7.11 Å². The zero-order chi connectivity index (χ0) is 12.1. The quantitative estimate of drug-likeness (QED) is 0.748. The SMILES string of the molecule is CCCn1ncc(OC)c1C(C)CC(C)Br. The van der Waals surface area contributed by atoms with Gasteiger partial charge in [-0.3, -0.25) is 4.68 Å². The maximum Gasteiger partial charge on any atom is 0.160 e. The molecule has 4 heteroatoms. The number of hydrogen-bond donors (Lipinski definition) is 0. The van der Waals surface area contributed by atoms with Crippen LogP contribution >= 0.6 is 15.9 Å². The van der Waals surface area contributed by atoms with Crippen LogP contribution in [0.2, 0.25) is 0 Å². The van der Waals surface area contributed by atoms with Crippen LogP contribution < -0.4 is 4.74 Å². The lowest BCUT2D eigenvalue weighted by Gasteiger charge is -2.16. The Balaban J connectivity index is 2.92. The lowest BCUT2D eigenvalue weighted by molar-refractivity contribution is 0.400. The molecule has 0 N–H and O–H groups in total. The van der Waals surface area contributed by atoms with Gasteiger partial charge in [-0.1, -0.05) is 36.7 Å². The molecule has 0 amide bonds. The lowest BCUT2D eigenvalue weighted by Crippen LogP contribution is -2.10. The van der Waals surface area contributed by atoms with Crippen molar-refractivity contribution < 1.29 is 4.74 Å². The van der Waals surface area contributed by atoms with E-state index in [0.717, 1.165) is 25.1 Å². The van der Waals surface area contributed by atoms with E-state index in [4.69, 9.17) is 4.74 Å². The molecule has 16 heavy (non-hydrogen) atoms. The fourth-order valence-electron chi connectivity index (χ4n) is 2.02. The minimum atomic E-state index is 0.457. The van der Waals surface area contributed by atoms with Crippen LogP contribution in [0.5, 0.6) is 5.75 Å². The van der Waals surface area contributed by atoms with Crippen LogP contribution in [0.15, 0.2) is 6.20 Å². The molecule has 2 unspecified atom stereocenters. The second-order valence-electron chi connectivity index (χ2n) is 4.24. The predicted molar refractivity (Wildman–Crippen MR) is 70.5 cm³/mol. The number of aromatic nitrogens is 2. The van der Waals surface area contributed by atoms with E-state index in [0.29, 0.717) is 10.7 Å². The molecule has 0 aliphatic rings. The fraction of sp³-hybridized carbons (Fsp3) is 0.750. The summed E-state index contributed by atoms with van der Waals surface area (Å²) in [4.78, 5) is 0.511. The summed E-state index contributed by atoms with van der Waals surface area (Å²) in [5.41, 5.74) is 1.22. The van der Waals surface area contributed by atoms with Gasteiger partial charge in [-0.25, -0.2) is 0 Å². The molecule has 0 bridgehead atoms. The van der Waals surface area contributed by atoms with Crippen LogP contribution in [0.1, 0.15) is 45.2 Å². The molecule has 0 spiro atoms. The minimum absolute atomic E-state index is 0.457. The zero-order valence-corrected chi connectivity index (χ0v) is 12.1. The molecule has 0 fully saturated rings. The predicted octanol–water partition coefficient (Wildman–Crippen LogP) is 3.58. The van der Waals surface area contributed by atoms with E-state index in [9.17, 15) is 0 Å². The highest BCUT2D eigenvalue weighted by Crippen LogP contribution is 2.30. The van der Waals surface area contributed by atoms with Gasteiger partial charge < -0.3 is 4.74 Å². The Kier molecular flexibility index (Phi) is 5.32. The Morgan fingerprint density at radius 2 is 2.19 bits per heavy atom. The highest BCUT2D eigenvalue weighted by Gasteiger charge is 2.19. The standard InChI is InChI=1S/C12H21BrN2O/c1-5-6-15-12(9(2)7-10(3)13)11(16-4)8-14-15/h8-10H,5-7H2,1-4H3. The number of ether oxygens (including phenoxy) is 1. The normalized spacial score (nSPS) is 14.8. The number of nitrogens with zero attached hydrogens (tertiary/aromatic N) is 2. The van der Waals surface area contributed by atoms with Gasteiger partial charge in [0.05, 0.1) is 19.0 Å². The Hall–Kier alpha value is -0.510. The van der Waals surface area contributed by atoms with Crippen molar-refractivity contribution in [2.24, 2.45) is 0 Å². The van der Waals surface area contributed by atoms with Gasteiger partial charge in [-0.15, -0.1) is 0 Å². The number of halogens is 1. The summed E-state index contributed by atoms with van der Waals surface area (Å²) < 4.78 is 7.44. The van der Waals surface area contributed by atoms with Crippen molar-refractivity contribution in [1.82, 2.24) is 9.78 Å². The third-order valence-electron chi connectivity index (χ3n) is 2.65. The van der Waals surface area contributed by atoms with Crippen molar-refractivity contribution in [2.45, 2.75) is 50.9 Å². The van der Waals surface area contributed by atoms with Gasteiger partial charge in [0, 0.05) is 17.3 Å². The molecular formula is C12H21BrN2O. The second-order valence-corrected chi connectivity index (χ2v) is 5.80. The molecule has 0 radical (unpaired) electrons. The molecular weight excluding hydrogens is 268 g/mol. The molecule has 3 nitrogen and oxygen atoms in total. The number of alkyl halides is 1. The summed E-state index contributed by atoms with van der Waals surface area (Å²) in [5.74, 6) is 1.37. The van der Waals surface area contributed by atoms with E-state index in [1.165, 1.54) is 5.69 Å². The van der Waals surface area contributed by atoms with Gasteiger partial charge in [0.1, 0.15) is 0 Å². The molecule has 0 aliphatic heterocycles. The van der Waals surface area contributed by atoms with E-state index in [1.54, 1.807) is 7.11 Å². The fourth-order valence-corrected chi connectivity index (χ4v) is 2.58. The van der Waals surface area contributed by atoms with Crippen molar-refractivity contribution in [3.63, 3.8) is 0 Å². The van der Waals surface area contributed by atoms with Crippen LogP contribution in [0.25, 0.3) is 0 Å². The summed E-state index contributed by atoms with van der Waals surface area (Å²) >= 11 is 3.60. The first kappa shape index (κ1) is 13.6. The van der Waals surface area contributed by atoms with E-state index in [2.05, 4.69) is 46.5 Å². The van der Waals surface area contributed by atoms with Crippen LogP contribution in [0, 0.1) is 0 Å². The topological polar surface area (TPSA) is 27.1 Å². The smallest absolute Gasteiger partial charge is 0.160 e. The first-order valence-electron chi connectivity index (χ1n) is 5.83. The first-order chi connectivity index (χ1) is 7.60. The van der Waals surface area contributed by atoms with Gasteiger partial charge in [-0.2, -0.15) is 5.10 Å². The van der Waals surface area contributed by atoms with Crippen molar-refractivity contribution >= 4 is 15.9 Å². The Labute approximate surface area is 106 Å². The summed E-state index contributed by atoms with van der Waals surface area (Å²) in [6, 6.07) is 0. The Morgan fingerprint density at radius 1 is 1.50 bits per heavy atom. The molecule has 0 aromatic carbocycles. The van der Waals surface area contributed by atoms with E-state index < -0.39 is 0 Å². The van der Waals surface area contributed by atoms with Crippen molar-refractivity contribution in [3.8, 4) is 5.75 Å². The van der Waals surface area contributed by atoms with Crippen LogP contribution in [-0.2, 0) is 6.54 Å². The van der Waals surface area contributed by atoms with E-state index in [1.807, 2.05) is 6.20 Å². The monoisotopic (exact) mass is 288 g/mol. The van der Waals surface area contributed by atoms with Crippen LogP contribution in [-0.4, -0.2) is 21.7 Å². The summed E-state index contributed by atoms with van der Waals surface area (Å²) in [6.07, 6.45) is 4.00. The number of aryl methyl sites for hydroxylation is 1. The molecule has 1 rings (SSSR count). The Morgan fingerprint density at radius 3 is 2.69 bits per heavy atom. The molecule has 1 aromatic rings. The van der Waals surface area contributed by atoms with Gasteiger partial charge >= 0.3 is 0 Å². The molecule has 92 valence electrons. The third kappa shape index (κ3) is 3.24. The molecule has 1 heterocycles. The molecule has 1 aromatic heterocycles. The van der Waals surface area contributed by atoms with Crippen molar-refractivity contribution in [1.29, 1.82) is 0 Å². The highest BCUT2D eigenvalue weighted by atomic mass is 79.9. The number of rotatable bonds is 6. The second kappa shape index (κ2) is 6.28. The van der Waals surface area contributed by atoms with Crippen LogP contribution in [0.4, 0.5) is 0 Å². The van der Waals surface area contributed by atoms with E-state index in [-0.39, 0.29) is 0 Å². The maximum absolute atomic E-state index is 5.38. The molecule has 0 saturated heterocycles.